The Kier molecular flexibility index (Phi) is 7.52. The van der Waals surface area contributed by atoms with Crippen molar-refractivity contribution in [3.05, 3.63) is 30.1 Å². The summed E-state index contributed by atoms with van der Waals surface area (Å²) in [5.74, 6) is -1.67. The number of halogens is 1. The molecular formula is C15H19FN2O5. The average molecular weight is 326 g/mol. The van der Waals surface area contributed by atoms with E-state index in [2.05, 4.69) is 10.1 Å². The van der Waals surface area contributed by atoms with Gasteiger partial charge in [0.2, 0.25) is 0 Å². The zero-order chi connectivity index (χ0) is 17.2. The van der Waals surface area contributed by atoms with Gasteiger partial charge in [-0.1, -0.05) is 6.92 Å². The first-order chi connectivity index (χ1) is 10.9. The topological polar surface area (TPSA) is 93.7 Å². The smallest absolute Gasteiger partial charge is 0.344 e. The number of nitrogens with one attached hydrogen (secondary N) is 2. The van der Waals surface area contributed by atoms with Crippen molar-refractivity contribution in [3.8, 4) is 5.75 Å². The van der Waals surface area contributed by atoms with Gasteiger partial charge in [0, 0.05) is 6.04 Å². The SMILES string of the molecule is CC[C@H](C)NC(=O)NC(=O)COC(=O)COc1ccc(F)cc1. The summed E-state index contributed by atoms with van der Waals surface area (Å²) in [6.45, 7) is 2.64. The van der Waals surface area contributed by atoms with E-state index in [1.807, 2.05) is 12.2 Å². The maximum absolute atomic E-state index is 12.7. The number of amides is 3. The highest BCUT2D eigenvalue weighted by atomic mass is 19.1. The molecule has 1 aromatic rings. The maximum atomic E-state index is 12.7. The molecule has 0 saturated heterocycles. The minimum Gasteiger partial charge on any atom is -0.482 e. The molecule has 126 valence electrons. The van der Waals surface area contributed by atoms with Gasteiger partial charge in [-0.15, -0.1) is 0 Å². The molecule has 0 aliphatic rings. The van der Waals surface area contributed by atoms with E-state index in [9.17, 15) is 18.8 Å². The van der Waals surface area contributed by atoms with Crippen molar-refractivity contribution in [1.29, 1.82) is 0 Å². The Morgan fingerprint density at radius 1 is 1.17 bits per heavy atom. The van der Waals surface area contributed by atoms with Crippen molar-refractivity contribution < 1.29 is 28.2 Å². The first-order valence-corrected chi connectivity index (χ1v) is 7.05. The molecule has 0 aromatic heterocycles. The zero-order valence-corrected chi connectivity index (χ0v) is 12.9. The summed E-state index contributed by atoms with van der Waals surface area (Å²) < 4.78 is 22.4. The molecule has 0 aliphatic carbocycles. The molecule has 1 rings (SSSR count). The van der Waals surface area contributed by atoms with Crippen molar-refractivity contribution in [3.63, 3.8) is 0 Å². The molecule has 0 spiro atoms. The van der Waals surface area contributed by atoms with Crippen LogP contribution in [-0.4, -0.2) is 37.2 Å². The van der Waals surface area contributed by atoms with Gasteiger partial charge in [-0.3, -0.25) is 10.1 Å². The number of ether oxygens (including phenoxy) is 2. The monoisotopic (exact) mass is 326 g/mol. The third-order valence-electron chi connectivity index (χ3n) is 2.78. The Hall–Kier alpha value is -2.64. The van der Waals surface area contributed by atoms with Crippen LogP contribution >= 0.6 is 0 Å². The van der Waals surface area contributed by atoms with Gasteiger partial charge in [0.1, 0.15) is 11.6 Å². The number of urea groups is 1. The number of hydrogen-bond acceptors (Lipinski definition) is 5. The summed E-state index contributed by atoms with van der Waals surface area (Å²) >= 11 is 0. The number of carbonyl (C=O) groups is 3. The largest absolute Gasteiger partial charge is 0.482 e. The molecule has 1 aromatic carbocycles. The second kappa shape index (κ2) is 9.39. The number of carbonyl (C=O) groups excluding carboxylic acids is 3. The van der Waals surface area contributed by atoms with Crippen LogP contribution in [0.15, 0.2) is 24.3 Å². The Bertz CT molecular complexity index is 547. The Labute approximate surface area is 133 Å². The second-order valence-corrected chi connectivity index (χ2v) is 4.73. The number of imide groups is 1. The normalized spacial score (nSPS) is 11.3. The first-order valence-electron chi connectivity index (χ1n) is 7.05. The fourth-order valence-corrected chi connectivity index (χ4v) is 1.39. The summed E-state index contributed by atoms with van der Waals surface area (Å²) in [5, 5.41) is 4.56. The Morgan fingerprint density at radius 2 is 1.83 bits per heavy atom. The molecule has 0 radical (unpaired) electrons. The van der Waals surface area contributed by atoms with E-state index in [0.29, 0.717) is 5.75 Å². The van der Waals surface area contributed by atoms with Gasteiger partial charge in [0.15, 0.2) is 13.2 Å². The van der Waals surface area contributed by atoms with E-state index in [0.717, 1.165) is 6.42 Å². The number of benzene rings is 1. The highest BCUT2D eigenvalue weighted by Gasteiger charge is 2.12. The van der Waals surface area contributed by atoms with E-state index in [1.54, 1.807) is 6.92 Å². The van der Waals surface area contributed by atoms with Crippen LogP contribution in [0.5, 0.6) is 5.75 Å². The van der Waals surface area contributed by atoms with E-state index in [1.165, 1.54) is 24.3 Å². The maximum Gasteiger partial charge on any atom is 0.344 e. The number of hydrogen-bond donors (Lipinski definition) is 2. The lowest BCUT2D eigenvalue weighted by Crippen LogP contribution is -2.44. The summed E-state index contributed by atoms with van der Waals surface area (Å²) in [6, 6.07) is 4.36. The van der Waals surface area contributed by atoms with Crippen LogP contribution in [0.25, 0.3) is 0 Å². The van der Waals surface area contributed by atoms with Crippen LogP contribution in [0.3, 0.4) is 0 Å². The van der Waals surface area contributed by atoms with Crippen LogP contribution in [0.2, 0.25) is 0 Å². The molecule has 3 amide bonds. The van der Waals surface area contributed by atoms with Gasteiger partial charge in [-0.05, 0) is 37.6 Å². The molecule has 0 fully saturated rings. The molecule has 23 heavy (non-hydrogen) atoms. The third-order valence-corrected chi connectivity index (χ3v) is 2.78. The highest BCUT2D eigenvalue weighted by Crippen LogP contribution is 2.10. The first kappa shape index (κ1) is 18.4. The molecule has 0 saturated carbocycles. The Balaban J connectivity index is 2.23. The second-order valence-electron chi connectivity index (χ2n) is 4.73. The van der Waals surface area contributed by atoms with Crippen LogP contribution in [0.4, 0.5) is 9.18 Å². The molecule has 0 heterocycles. The van der Waals surface area contributed by atoms with Gasteiger partial charge < -0.3 is 14.8 Å². The lowest BCUT2D eigenvalue weighted by Gasteiger charge is -2.11. The van der Waals surface area contributed by atoms with Crippen molar-refractivity contribution >= 4 is 17.9 Å². The van der Waals surface area contributed by atoms with E-state index in [4.69, 9.17) is 4.74 Å². The van der Waals surface area contributed by atoms with Crippen molar-refractivity contribution in [1.82, 2.24) is 10.6 Å². The molecule has 7 nitrogen and oxygen atoms in total. The summed E-state index contributed by atoms with van der Waals surface area (Å²) in [7, 11) is 0. The standard InChI is InChI=1S/C15H19FN2O5/c1-3-10(2)17-15(21)18-13(19)8-23-14(20)9-22-12-6-4-11(16)5-7-12/h4-7,10H,3,8-9H2,1-2H3,(H2,17,18,19,21)/t10-/m0/s1. The highest BCUT2D eigenvalue weighted by molar-refractivity contribution is 5.95. The molecule has 2 N–H and O–H groups in total. The molecule has 0 unspecified atom stereocenters. The predicted octanol–water partition coefficient (Wildman–Crippen LogP) is 1.37. The van der Waals surface area contributed by atoms with Gasteiger partial charge >= 0.3 is 12.0 Å². The Morgan fingerprint density at radius 3 is 2.43 bits per heavy atom. The van der Waals surface area contributed by atoms with E-state index < -0.39 is 36.9 Å². The number of esters is 1. The van der Waals surface area contributed by atoms with Crippen LogP contribution in [0.1, 0.15) is 20.3 Å². The average Bonchev–Trinajstić information content (AvgIpc) is 2.52. The fourth-order valence-electron chi connectivity index (χ4n) is 1.39. The lowest BCUT2D eigenvalue weighted by atomic mass is 10.3. The lowest BCUT2D eigenvalue weighted by molar-refractivity contribution is -0.150. The zero-order valence-electron chi connectivity index (χ0n) is 12.9. The molecule has 0 aliphatic heterocycles. The predicted molar refractivity (Wildman–Crippen MR) is 79.3 cm³/mol. The van der Waals surface area contributed by atoms with Gasteiger partial charge in [-0.25, -0.2) is 14.0 Å². The van der Waals surface area contributed by atoms with E-state index >= 15 is 0 Å². The van der Waals surface area contributed by atoms with Crippen LogP contribution in [0, 0.1) is 5.82 Å². The number of rotatable bonds is 7. The molecular weight excluding hydrogens is 307 g/mol. The van der Waals surface area contributed by atoms with Gasteiger partial charge in [0.05, 0.1) is 0 Å². The minimum absolute atomic E-state index is 0.0746. The summed E-state index contributed by atoms with van der Waals surface area (Å²) in [5.41, 5.74) is 0. The van der Waals surface area contributed by atoms with Gasteiger partial charge in [0.25, 0.3) is 5.91 Å². The van der Waals surface area contributed by atoms with E-state index in [-0.39, 0.29) is 6.04 Å². The van der Waals surface area contributed by atoms with Gasteiger partial charge in [-0.2, -0.15) is 0 Å². The van der Waals surface area contributed by atoms with Crippen LogP contribution < -0.4 is 15.4 Å². The quantitative estimate of drug-likeness (QED) is 0.738. The minimum atomic E-state index is -0.785. The third kappa shape index (κ3) is 7.79. The van der Waals surface area contributed by atoms with Crippen molar-refractivity contribution in [2.75, 3.05) is 13.2 Å². The molecule has 8 heteroatoms. The van der Waals surface area contributed by atoms with Crippen molar-refractivity contribution in [2.24, 2.45) is 0 Å². The summed E-state index contributed by atoms with van der Waals surface area (Å²) in [6.07, 6.45) is 0.720. The van der Waals surface area contributed by atoms with Crippen LogP contribution in [-0.2, 0) is 14.3 Å². The van der Waals surface area contributed by atoms with Crippen molar-refractivity contribution in [2.45, 2.75) is 26.3 Å². The molecule has 1 atom stereocenters. The summed E-state index contributed by atoms with van der Waals surface area (Å²) in [4.78, 5) is 34.2. The molecule has 0 bridgehead atoms. The fraction of sp³-hybridized carbons (Fsp3) is 0.400.